The number of piperidine rings is 1. The summed E-state index contributed by atoms with van der Waals surface area (Å²) in [5.74, 6) is 1.14. The van der Waals surface area contributed by atoms with Gasteiger partial charge in [-0.3, -0.25) is 9.89 Å². The van der Waals surface area contributed by atoms with Crippen molar-refractivity contribution in [3.05, 3.63) is 18.0 Å². The molecule has 0 aromatic carbocycles. The van der Waals surface area contributed by atoms with Crippen molar-refractivity contribution in [3.8, 4) is 0 Å². The highest BCUT2D eigenvalue weighted by Gasteiger charge is 2.31. The molecule has 1 N–H and O–H groups in total. The Hall–Kier alpha value is -1.41. The quantitative estimate of drug-likeness (QED) is 0.838. The Morgan fingerprint density at radius 2 is 2.12 bits per heavy atom. The molecule has 1 aromatic heterocycles. The average Bonchev–Trinajstić information content (AvgIpc) is 3.22. The van der Waals surface area contributed by atoms with Crippen molar-refractivity contribution in [1.29, 1.82) is 0 Å². The second-order valence-corrected chi connectivity index (χ2v) is 9.18. The van der Waals surface area contributed by atoms with Gasteiger partial charge in [0.2, 0.25) is 5.91 Å². The minimum Gasteiger partial charge on any atom is -0.343 e. The minimum absolute atomic E-state index is 0.0638. The summed E-state index contributed by atoms with van der Waals surface area (Å²) in [6, 6.07) is 2.07. The molecule has 24 heavy (non-hydrogen) atoms. The summed E-state index contributed by atoms with van der Waals surface area (Å²) >= 11 is 0. The van der Waals surface area contributed by atoms with E-state index in [1.165, 1.54) is 0 Å². The SMILES string of the molecule is CN(CCC(=O)N1CCC(c2ccn[nH]2)CC1)C1CCS(=O)(=O)C1. The van der Waals surface area contributed by atoms with Crippen molar-refractivity contribution in [2.75, 3.05) is 38.2 Å². The zero-order chi connectivity index (χ0) is 17.2. The Kier molecular flexibility index (Phi) is 5.24. The van der Waals surface area contributed by atoms with E-state index >= 15 is 0 Å². The highest BCUT2D eigenvalue weighted by Crippen LogP contribution is 2.26. The van der Waals surface area contributed by atoms with Gasteiger partial charge < -0.3 is 9.80 Å². The molecule has 1 aromatic rings. The third-order valence-corrected chi connectivity index (χ3v) is 7.07. The third-order valence-electron chi connectivity index (χ3n) is 5.32. The summed E-state index contributed by atoms with van der Waals surface area (Å²) in [5, 5.41) is 7.01. The summed E-state index contributed by atoms with van der Waals surface area (Å²) < 4.78 is 23.1. The normalized spacial score (nSPS) is 24.6. The second-order valence-electron chi connectivity index (χ2n) is 6.95. The lowest BCUT2D eigenvalue weighted by Gasteiger charge is -2.32. The van der Waals surface area contributed by atoms with E-state index in [0.717, 1.165) is 31.6 Å². The van der Waals surface area contributed by atoms with Crippen LogP contribution in [0.25, 0.3) is 0 Å². The summed E-state index contributed by atoms with van der Waals surface area (Å²) in [6.45, 7) is 2.19. The van der Waals surface area contributed by atoms with Crippen molar-refractivity contribution in [2.24, 2.45) is 0 Å². The minimum atomic E-state index is -2.87. The molecule has 8 heteroatoms. The number of rotatable bonds is 5. The average molecular weight is 354 g/mol. The van der Waals surface area contributed by atoms with Crippen LogP contribution in [0.15, 0.2) is 12.3 Å². The lowest BCUT2D eigenvalue weighted by molar-refractivity contribution is -0.132. The van der Waals surface area contributed by atoms with Crippen molar-refractivity contribution < 1.29 is 13.2 Å². The summed E-state index contributed by atoms with van der Waals surface area (Å²) in [4.78, 5) is 16.4. The van der Waals surface area contributed by atoms with Gasteiger partial charge in [-0.05, 0) is 32.4 Å². The Balaban J connectivity index is 1.41. The number of nitrogens with one attached hydrogen (secondary N) is 1. The van der Waals surface area contributed by atoms with Crippen LogP contribution in [0.5, 0.6) is 0 Å². The van der Waals surface area contributed by atoms with E-state index in [0.29, 0.717) is 25.3 Å². The number of H-pyrrole nitrogens is 1. The monoisotopic (exact) mass is 354 g/mol. The van der Waals surface area contributed by atoms with Crippen LogP contribution < -0.4 is 0 Å². The van der Waals surface area contributed by atoms with Crippen molar-refractivity contribution in [1.82, 2.24) is 20.0 Å². The molecule has 1 amide bonds. The molecule has 0 aliphatic carbocycles. The van der Waals surface area contributed by atoms with E-state index in [1.54, 1.807) is 6.20 Å². The van der Waals surface area contributed by atoms with Crippen LogP contribution in [0, 0.1) is 0 Å². The molecule has 134 valence electrons. The van der Waals surface area contributed by atoms with Crippen LogP contribution in [-0.4, -0.2) is 78.6 Å². The Morgan fingerprint density at radius 3 is 2.71 bits per heavy atom. The second kappa shape index (κ2) is 7.23. The van der Waals surface area contributed by atoms with Gasteiger partial charge in [0, 0.05) is 49.9 Å². The molecule has 1 atom stereocenters. The Labute approximate surface area is 143 Å². The number of nitrogens with zero attached hydrogens (tertiary/aromatic N) is 3. The van der Waals surface area contributed by atoms with Crippen LogP contribution >= 0.6 is 0 Å². The highest BCUT2D eigenvalue weighted by molar-refractivity contribution is 7.91. The standard InChI is InChI=1S/C16H26N4O3S/c1-19(14-6-11-24(22,23)12-14)8-5-16(21)20-9-3-13(4-10-20)15-2-7-17-18-15/h2,7,13-14H,3-6,8-12H2,1H3,(H,17,18). The fraction of sp³-hybridized carbons (Fsp3) is 0.750. The molecule has 1 unspecified atom stereocenters. The number of sulfone groups is 1. The number of carbonyl (C=O) groups excluding carboxylic acids is 1. The molecule has 3 rings (SSSR count). The number of aromatic nitrogens is 2. The van der Waals surface area contributed by atoms with Crippen LogP contribution in [0.4, 0.5) is 0 Å². The predicted octanol–water partition coefficient (Wildman–Crippen LogP) is 0.625. The topological polar surface area (TPSA) is 86.4 Å². The van der Waals surface area contributed by atoms with E-state index < -0.39 is 9.84 Å². The first kappa shape index (κ1) is 17.4. The molecule has 2 fully saturated rings. The van der Waals surface area contributed by atoms with Crippen molar-refractivity contribution in [3.63, 3.8) is 0 Å². The third kappa shape index (κ3) is 4.16. The molecule has 7 nitrogen and oxygen atoms in total. The number of carbonyl (C=O) groups is 1. The molecular weight excluding hydrogens is 328 g/mol. The maximum Gasteiger partial charge on any atom is 0.223 e. The fourth-order valence-electron chi connectivity index (χ4n) is 3.67. The van der Waals surface area contributed by atoms with Gasteiger partial charge in [-0.15, -0.1) is 0 Å². The molecule has 0 radical (unpaired) electrons. The number of hydrogen-bond donors (Lipinski definition) is 1. The Morgan fingerprint density at radius 1 is 1.38 bits per heavy atom. The zero-order valence-electron chi connectivity index (χ0n) is 14.1. The molecular formula is C16H26N4O3S. The highest BCUT2D eigenvalue weighted by atomic mass is 32.2. The molecule has 3 heterocycles. The predicted molar refractivity (Wildman–Crippen MR) is 91.4 cm³/mol. The zero-order valence-corrected chi connectivity index (χ0v) is 15.0. The molecule has 0 spiro atoms. The number of amides is 1. The van der Waals surface area contributed by atoms with Gasteiger partial charge in [-0.2, -0.15) is 5.10 Å². The van der Waals surface area contributed by atoms with Gasteiger partial charge in [0.1, 0.15) is 0 Å². The molecule has 2 saturated heterocycles. The van der Waals surface area contributed by atoms with Gasteiger partial charge in [0.15, 0.2) is 9.84 Å². The van der Waals surface area contributed by atoms with Gasteiger partial charge in [0.25, 0.3) is 0 Å². The number of aromatic amines is 1. The lowest BCUT2D eigenvalue weighted by atomic mass is 9.93. The maximum absolute atomic E-state index is 12.4. The van der Waals surface area contributed by atoms with E-state index in [4.69, 9.17) is 0 Å². The van der Waals surface area contributed by atoms with E-state index in [-0.39, 0.29) is 23.5 Å². The van der Waals surface area contributed by atoms with Gasteiger partial charge in [-0.1, -0.05) is 0 Å². The van der Waals surface area contributed by atoms with Crippen LogP contribution in [0.3, 0.4) is 0 Å². The fourth-order valence-corrected chi connectivity index (χ4v) is 5.47. The smallest absolute Gasteiger partial charge is 0.223 e. The molecule has 2 aliphatic rings. The molecule has 0 saturated carbocycles. The summed E-state index contributed by atoms with van der Waals surface area (Å²) in [5.41, 5.74) is 1.16. The van der Waals surface area contributed by atoms with Crippen LogP contribution in [0.2, 0.25) is 0 Å². The largest absolute Gasteiger partial charge is 0.343 e. The first-order valence-corrected chi connectivity index (χ1v) is 10.4. The van der Waals surface area contributed by atoms with Crippen LogP contribution in [-0.2, 0) is 14.6 Å². The lowest BCUT2D eigenvalue weighted by Crippen LogP contribution is -2.41. The summed E-state index contributed by atoms with van der Waals surface area (Å²) in [7, 11) is -0.952. The van der Waals surface area contributed by atoms with E-state index in [1.807, 2.05) is 22.9 Å². The Bertz CT molecular complexity index is 651. The first-order chi connectivity index (χ1) is 11.4. The first-order valence-electron chi connectivity index (χ1n) is 8.62. The maximum atomic E-state index is 12.4. The van der Waals surface area contributed by atoms with Gasteiger partial charge in [-0.25, -0.2) is 8.42 Å². The van der Waals surface area contributed by atoms with Crippen LogP contribution in [0.1, 0.15) is 37.3 Å². The van der Waals surface area contributed by atoms with E-state index in [9.17, 15) is 13.2 Å². The summed E-state index contributed by atoms with van der Waals surface area (Å²) in [6.07, 6.45) is 4.84. The molecule has 2 aliphatic heterocycles. The number of hydrogen-bond acceptors (Lipinski definition) is 5. The number of likely N-dealkylation sites (tertiary alicyclic amines) is 1. The van der Waals surface area contributed by atoms with Gasteiger partial charge in [0.05, 0.1) is 11.5 Å². The van der Waals surface area contributed by atoms with Gasteiger partial charge >= 0.3 is 0 Å². The van der Waals surface area contributed by atoms with Crippen molar-refractivity contribution in [2.45, 2.75) is 37.6 Å². The van der Waals surface area contributed by atoms with Crippen molar-refractivity contribution >= 4 is 15.7 Å². The molecule has 0 bridgehead atoms. The van der Waals surface area contributed by atoms with E-state index in [2.05, 4.69) is 10.2 Å².